The molecular weight excluding hydrogens is 1140 g/mol. The standard InChI is InChI=1S/C67H130O17P2/c1-5-9-13-17-21-25-26-27-28-29-30-31-32-33-34-38-42-46-50-54-67(72)84-63(58-78-65(70)52-48-44-40-36-23-19-15-11-7-3)60-82-86(75,76)80-56-61(68)55-79-85(73,74)81-59-62(83-66(71)53-49-45-41-37-24-20-16-12-8-4)57-77-64(69)51-47-43-39-35-22-18-14-10-6-2/h61-63,68H,5-60H2,1-4H3,(H,73,74)(H,75,76)/t61-,62+,63+/m0/s1. The topological polar surface area (TPSA) is 237 Å². The molecule has 17 nitrogen and oxygen atoms in total. The minimum atomic E-state index is -4.94. The van der Waals surface area contributed by atoms with Crippen molar-refractivity contribution in [3.63, 3.8) is 0 Å². The van der Waals surface area contributed by atoms with Gasteiger partial charge in [-0.05, 0) is 25.7 Å². The van der Waals surface area contributed by atoms with Crippen molar-refractivity contribution in [2.24, 2.45) is 0 Å². The minimum Gasteiger partial charge on any atom is -0.462 e. The first-order chi connectivity index (χ1) is 41.7. The highest BCUT2D eigenvalue weighted by Crippen LogP contribution is 2.45. The summed E-state index contributed by atoms with van der Waals surface area (Å²) < 4.78 is 68.0. The predicted octanol–water partition coefficient (Wildman–Crippen LogP) is 19.1. The summed E-state index contributed by atoms with van der Waals surface area (Å²) in [5.41, 5.74) is 0. The van der Waals surface area contributed by atoms with Crippen molar-refractivity contribution in [3.05, 3.63) is 0 Å². The summed E-state index contributed by atoms with van der Waals surface area (Å²) in [6.07, 6.45) is 48.7. The lowest BCUT2D eigenvalue weighted by atomic mass is 10.0. The maximum atomic E-state index is 13.0. The molecule has 0 amide bonds. The van der Waals surface area contributed by atoms with Gasteiger partial charge in [-0.15, -0.1) is 0 Å². The Morgan fingerprint density at radius 2 is 0.465 bits per heavy atom. The van der Waals surface area contributed by atoms with E-state index in [2.05, 4.69) is 27.7 Å². The number of rotatable bonds is 68. The Balaban J connectivity index is 5.14. The van der Waals surface area contributed by atoms with Crippen molar-refractivity contribution in [1.29, 1.82) is 0 Å². The van der Waals surface area contributed by atoms with Gasteiger partial charge in [-0.25, -0.2) is 9.13 Å². The molecule has 0 saturated heterocycles. The number of ether oxygens (including phenoxy) is 4. The molecule has 0 saturated carbocycles. The Kier molecular flexibility index (Phi) is 60.5. The normalized spacial score (nSPS) is 14.1. The highest BCUT2D eigenvalue weighted by molar-refractivity contribution is 7.47. The van der Waals surface area contributed by atoms with Crippen LogP contribution in [0.1, 0.15) is 349 Å². The molecule has 0 bridgehead atoms. The zero-order valence-corrected chi connectivity index (χ0v) is 57.1. The largest absolute Gasteiger partial charge is 0.472 e. The van der Waals surface area contributed by atoms with E-state index >= 15 is 0 Å². The molecule has 0 aliphatic carbocycles. The smallest absolute Gasteiger partial charge is 0.462 e. The van der Waals surface area contributed by atoms with Gasteiger partial charge in [0.25, 0.3) is 0 Å². The molecule has 5 atom stereocenters. The van der Waals surface area contributed by atoms with Gasteiger partial charge < -0.3 is 33.8 Å². The molecule has 0 radical (unpaired) electrons. The summed E-state index contributed by atoms with van der Waals surface area (Å²) in [5, 5.41) is 10.5. The molecule has 0 spiro atoms. The average molecular weight is 1270 g/mol. The first-order valence-corrected chi connectivity index (χ1v) is 38.3. The van der Waals surface area contributed by atoms with Crippen molar-refractivity contribution in [2.75, 3.05) is 39.6 Å². The lowest BCUT2D eigenvalue weighted by Crippen LogP contribution is -2.30. The summed E-state index contributed by atoms with van der Waals surface area (Å²) in [5.74, 6) is -2.13. The van der Waals surface area contributed by atoms with Crippen molar-refractivity contribution in [3.8, 4) is 0 Å². The van der Waals surface area contributed by atoms with Gasteiger partial charge in [-0.2, -0.15) is 0 Å². The second-order valence-electron chi connectivity index (χ2n) is 24.2. The molecule has 0 aromatic carbocycles. The van der Waals surface area contributed by atoms with Gasteiger partial charge in [-0.1, -0.05) is 297 Å². The van der Waals surface area contributed by atoms with Gasteiger partial charge in [0.1, 0.15) is 19.3 Å². The molecule has 0 aliphatic rings. The number of esters is 4. The van der Waals surface area contributed by atoms with Gasteiger partial charge in [0, 0.05) is 25.7 Å². The third-order valence-electron chi connectivity index (χ3n) is 15.6. The van der Waals surface area contributed by atoms with E-state index < -0.39 is 97.5 Å². The molecule has 86 heavy (non-hydrogen) atoms. The first-order valence-electron chi connectivity index (χ1n) is 35.3. The number of unbranched alkanes of at least 4 members (excludes halogenated alkanes) is 42. The maximum absolute atomic E-state index is 13.0. The summed E-state index contributed by atoms with van der Waals surface area (Å²) in [6.45, 7) is 4.87. The molecule has 0 heterocycles. The fourth-order valence-corrected chi connectivity index (χ4v) is 11.7. The van der Waals surface area contributed by atoms with E-state index in [4.69, 9.17) is 37.0 Å². The van der Waals surface area contributed by atoms with Crippen LogP contribution in [0.3, 0.4) is 0 Å². The van der Waals surface area contributed by atoms with Crippen LogP contribution in [0.5, 0.6) is 0 Å². The van der Waals surface area contributed by atoms with E-state index in [-0.39, 0.29) is 25.7 Å². The van der Waals surface area contributed by atoms with Crippen LogP contribution >= 0.6 is 15.6 Å². The van der Waals surface area contributed by atoms with Gasteiger partial charge in [-0.3, -0.25) is 37.3 Å². The van der Waals surface area contributed by atoms with Crippen LogP contribution < -0.4 is 0 Å². The van der Waals surface area contributed by atoms with Crippen LogP contribution in [0.4, 0.5) is 0 Å². The van der Waals surface area contributed by atoms with E-state index in [1.165, 1.54) is 180 Å². The maximum Gasteiger partial charge on any atom is 0.472 e. The number of hydrogen-bond acceptors (Lipinski definition) is 15. The molecule has 0 fully saturated rings. The van der Waals surface area contributed by atoms with E-state index in [1.54, 1.807) is 0 Å². The third-order valence-corrected chi connectivity index (χ3v) is 17.5. The van der Waals surface area contributed by atoms with Crippen LogP contribution in [-0.4, -0.2) is 96.7 Å². The van der Waals surface area contributed by atoms with E-state index in [0.29, 0.717) is 25.7 Å². The van der Waals surface area contributed by atoms with Gasteiger partial charge in [0.2, 0.25) is 0 Å². The highest BCUT2D eigenvalue weighted by atomic mass is 31.2. The van der Waals surface area contributed by atoms with E-state index in [1.807, 2.05) is 0 Å². The SMILES string of the molecule is CCCCCCCCCCCCCCCCCCCCCC(=O)O[C@H](COC(=O)CCCCCCCCCCC)COP(=O)(O)OC[C@@H](O)COP(=O)(O)OC[C@@H](COC(=O)CCCCCCCCCCC)OC(=O)CCCCCCCCCCC. The third kappa shape index (κ3) is 60.9. The molecule has 0 aromatic heterocycles. The first kappa shape index (κ1) is 84.1. The number of carbonyl (C=O) groups excluding carboxylic acids is 4. The predicted molar refractivity (Wildman–Crippen MR) is 345 cm³/mol. The zero-order valence-electron chi connectivity index (χ0n) is 55.3. The molecule has 0 rings (SSSR count). The van der Waals surface area contributed by atoms with Crippen LogP contribution in [0.25, 0.3) is 0 Å². The number of aliphatic hydroxyl groups is 1. The molecule has 3 N–H and O–H groups in total. The average Bonchev–Trinajstić information content (AvgIpc) is 3.64. The Labute approximate surface area is 524 Å². The number of phosphoric acid groups is 2. The fourth-order valence-electron chi connectivity index (χ4n) is 10.2. The van der Waals surface area contributed by atoms with Crippen molar-refractivity contribution in [2.45, 2.75) is 367 Å². The highest BCUT2D eigenvalue weighted by Gasteiger charge is 2.30. The fraction of sp³-hybridized carbons (Fsp3) is 0.940. The molecule has 19 heteroatoms. The quantitative estimate of drug-likeness (QED) is 0.0222. The van der Waals surface area contributed by atoms with E-state index in [0.717, 1.165) is 89.9 Å². The second-order valence-corrected chi connectivity index (χ2v) is 27.1. The second kappa shape index (κ2) is 61.9. The number of aliphatic hydroxyl groups excluding tert-OH is 1. The van der Waals surface area contributed by atoms with Crippen molar-refractivity contribution in [1.82, 2.24) is 0 Å². The number of carbonyl (C=O) groups is 4. The number of hydrogen-bond donors (Lipinski definition) is 3. The van der Waals surface area contributed by atoms with Gasteiger partial charge in [0.05, 0.1) is 26.4 Å². The van der Waals surface area contributed by atoms with Crippen LogP contribution in [0.2, 0.25) is 0 Å². The molecule has 0 aliphatic heterocycles. The Bertz CT molecular complexity index is 1650. The Morgan fingerprint density at radius 3 is 0.686 bits per heavy atom. The lowest BCUT2D eigenvalue weighted by Gasteiger charge is -2.21. The summed E-state index contributed by atoms with van der Waals surface area (Å²) in [4.78, 5) is 72.2. The molecule has 510 valence electrons. The van der Waals surface area contributed by atoms with Crippen molar-refractivity contribution >= 4 is 39.5 Å². The Hall–Kier alpha value is -1.94. The Morgan fingerprint density at radius 1 is 0.279 bits per heavy atom. The lowest BCUT2D eigenvalue weighted by molar-refractivity contribution is -0.161. The minimum absolute atomic E-state index is 0.106. The van der Waals surface area contributed by atoms with Gasteiger partial charge >= 0.3 is 39.5 Å². The van der Waals surface area contributed by atoms with Crippen LogP contribution in [0, 0.1) is 0 Å². The van der Waals surface area contributed by atoms with E-state index in [9.17, 15) is 43.2 Å². The summed E-state index contributed by atoms with van der Waals surface area (Å²) in [6, 6.07) is 0. The molecule has 2 unspecified atom stereocenters. The number of phosphoric ester groups is 2. The van der Waals surface area contributed by atoms with Gasteiger partial charge in [0.15, 0.2) is 12.2 Å². The van der Waals surface area contributed by atoms with Crippen LogP contribution in [-0.2, 0) is 65.4 Å². The van der Waals surface area contributed by atoms with Crippen LogP contribution in [0.15, 0.2) is 0 Å². The van der Waals surface area contributed by atoms with Crippen molar-refractivity contribution < 1.29 is 80.2 Å². The monoisotopic (exact) mass is 1270 g/mol. The summed E-state index contributed by atoms with van der Waals surface area (Å²) in [7, 11) is -9.88. The summed E-state index contributed by atoms with van der Waals surface area (Å²) >= 11 is 0. The molecule has 0 aromatic rings. The zero-order chi connectivity index (χ0) is 63.3. The molecular formula is C67H130O17P2.